The molecule has 0 aliphatic heterocycles. The molecule has 0 saturated heterocycles. The summed E-state index contributed by atoms with van der Waals surface area (Å²) in [5.41, 5.74) is 10.1. The molecular formula is C43H27N7. The molecule has 0 aliphatic carbocycles. The van der Waals surface area contributed by atoms with Crippen molar-refractivity contribution in [3.63, 3.8) is 0 Å². The van der Waals surface area contributed by atoms with Crippen LogP contribution in [-0.4, -0.2) is 34.3 Å². The molecule has 10 aromatic rings. The lowest BCUT2D eigenvalue weighted by atomic mass is 10.1. The molecule has 7 nitrogen and oxygen atoms in total. The molecule has 0 amide bonds. The maximum Gasteiger partial charge on any atom is 0.164 e. The molecule has 10 rings (SSSR count). The minimum absolute atomic E-state index is 0.618. The molecule has 234 valence electrons. The van der Waals surface area contributed by atoms with Crippen LogP contribution in [0.4, 0.5) is 0 Å². The van der Waals surface area contributed by atoms with E-state index in [1.807, 2.05) is 66.7 Å². The van der Waals surface area contributed by atoms with Crippen LogP contribution < -0.4 is 0 Å². The average Bonchev–Trinajstić information content (AvgIpc) is 3.72. The number of nitrogens with zero attached hydrogens (tertiary/aromatic N) is 7. The number of para-hydroxylation sites is 2. The summed E-state index contributed by atoms with van der Waals surface area (Å²) in [5.74, 6) is 1.89. The first-order valence-corrected chi connectivity index (χ1v) is 16.5. The lowest BCUT2D eigenvalue weighted by Gasteiger charge is -2.11. The van der Waals surface area contributed by atoms with Crippen molar-refractivity contribution < 1.29 is 0 Å². The summed E-state index contributed by atoms with van der Waals surface area (Å²) in [6.45, 7) is 0. The Balaban J connectivity index is 1.16. The predicted molar refractivity (Wildman–Crippen MR) is 200 cm³/mol. The van der Waals surface area contributed by atoms with Gasteiger partial charge in [-0.3, -0.25) is 0 Å². The van der Waals surface area contributed by atoms with Crippen LogP contribution in [0.2, 0.25) is 0 Å². The molecule has 50 heavy (non-hydrogen) atoms. The second kappa shape index (κ2) is 11.3. The largest absolute Gasteiger partial charge is 0.309 e. The lowest BCUT2D eigenvalue weighted by molar-refractivity contribution is 1.07. The highest BCUT2D eigenvalue weighted by atomic mass is 15.1. The Bertz CT molecular complexity index is 2780. The van der Waals surface area contributed by atoms with E-state index in [1.165, 1.54) is 5.39 Å². The maximum atomic E-state index is 4.93. The highest BCUT2D eigenvalue weighted by Crippen LogP contribution is 2.41. The quantitative estimate of drug-likeness (QED) is 0.187. The van der Waals surface area contributed by atoms with E-state index in [4.69, 9.17) is 20.1 Å². The first-order valence-electron chi connectivity index (χ1n) is 16.5. The molecule has 6 aromatic carbocycles. The fourth-order valence-corrected chi connectivity index (χ4v) is 7.12. The zero-order valence-corrected chi connectivity index (χ0v) is 26.7. The smallest absolute Gasteiger partial charge is 0.164 e. The summed E-state index contributed by atoms with van der Waals surface area (Å²) in [6, 6.07) is 54.1. The number of aromatic nitrogens is 7. The van der Waals surface area contributed by atoms with Gasteiger partial charge in [-0.15, -0.1) is 5.10 Å². The minimum Gasteiger partial charge on any atom is -0.309 e. The van der Waals surface area contributed by atoms with Crippen molar-refractivity contribution in [1.29, 1.82) is 0 Å². The first-order chi connectivity index (χ1) is 24.8. The Labute approximate surface area is 286 Å². The molecule has 0 bridgehead atoms. The number of hydrogen-bond acceptors (Lipinski definition) is 5. The highest BCUT2D eigenvalue weighted by molar-refractivity contribution is 6.28. The third-order valence-electron chi connectivity index (χ3n) is 9.33. The molecule has 0 spiro atoms. The van der Waals surface area contributed by atoms with Gasteiger partial charge in [-0.25, -0.2) is 15.0 Å². The van der Waals surface area contributed by atoms with E-state index in [0.717, 1.165) is 66.4 Å². The second-order valence-corrected chi connectivity index (χ2v) is 12.2. The normalized spacial score (nSPS) is 11.6. The third-order valence-corrected chi connectivity index (χ3v) is 9.33. The molecule has 7 heteroatoms. The number of hydrogen-bond donors (Lipinski definition) is 0. The summed E-state index contributed by atoms with van der Waals surface area (Å²) >= 11 is 0. The summed E-state index contributed by atoms with van der Waals surface area (Å²) in [4.78, 5) is 14.7. The van der Waals surface area contributed by atoms with E-state index in [9.17, 15) is 0 Å². The molecule has 0 aliphatic rings. The van der Waals surface area contributed by atoms with E-state index >= 15 is 0 Å². The number of benzene rings is 6. The minimum atomic E-state index is 0.618. The van der Waals surface area contributed by atoms with Crippen LogP contribution in [0.1, 0.15) is 0 Å². The van der Waals surface area contributed by atoms with Gasteiger partial charge in [-0.2, -0.15) is 5.10 Å². The first kappa shape index (κ1) is 28.1. The monoisotopic (exact) mass is 641 g/mol. The molecule has 0 atom stereocenters. The topological polar surface area (TPSA) is 74.3 Å². The Morgan fingerprint density at radius 3 is 1.50 bits per heavy atom. The van der Waals surface area contributed by atoms with Crippen LogP contribution in [0.15, 0.2) is 164 Å². The predicted octanol–water partition coefficient (Wildman–Crippen LogP) is 9.86. The van der Waals surface area contributed by atoms with Crippen molar-refractivity contribution in [3.05, 3.63) is 164 Å². The molecular weight excluding hydrogens is 615 g/mol. The van der Waals surface area contributed by atoms with Gasteiger partial charge in [0.2, 0.25) is 0 Å². The summed E-state index contributed by atoms with van der Waals surface area (Å²) in [7, 11) is 0. The molecule has 0 radical (unpaired) electrons. The second-order valence-electron chi connectivity index (χ2n) is 12.2. The summed E-state index contributed by atoms with van der Waals surface area (Å²) < 4.78 is 4.61. The Morgan fingerprint density at radius 2 is 0.860 bits per heavy atom. The van der Waals surface area contributed by atoms with E-state index in [0.29, 0.717) is 17.5 Å². The van der Waals surface area contributed by atoms with E-state index in [1.54, 1.807) is 6.20 Å². The van der Waals surface area contributed by atoms with E-state index in [-0.39, 0.29) is 0 Å². The molecule has 0 saturated carbocycles. The van der Waals surface area contributed by atoms with Crippen LogP contribution in [0.3, 0.4) is 0 Å². The van der Waals surface area contributed by atoms with Crippen molar-refractivity contribution in [2.24, 2.45) is 0 Å². The number of rotatable bonds is 5. The zero-order valence-electron chi connectivity index (χ0n) is 26.7. The number of fused-ring (bicyclic) bond motifs is 7. The van der Waals surface area contributed by atoms with Crippen molar-refractivity contribution in [2.75, 3.05) is 0 Å². The highest BCUT2D eigenvalue weighted by Gasteiger charge is 2.21. The molecule has 0 fully saturated rings. The van der Waals surface area contributed by atoms with Crippen LogP contribution in [-0.2, 0) is 0 Å². The lowest BCUT2D eigenvalue weighted by Crippen LogP contribution is -2.00. The van der Waals surface area contributed by atoms with E-state index < -0.39 is 0 Å². The zero-order chi connectivity index (χ0) is 33.0. The fraction of sp³-hybridized carbons (Fsp3) is 0. The molecule has 4 heterocycles. The molecule has 4 aromatic heterocycles. The summed E-state index contributed by atoms with van der Waals surface area (Å²) in [5, 5.41) is 12.5. The van der Waals surface area contributed by atoms with Crippen molar-refractivity contribution in [3.8, 4) is 45.5 Å². The molecule has 0 N–H and O–H groups in total. The van der Waals surface area contributed by atoms with Crippen LogP contribution >= 0.6 is 0 Å². The van der Waals surface area contributed by atoms with Gasteiger partial charge in [0.15, 0.2) is 17.5 Å². The Kier molecular flexibility index (Phi) is 6.35. The van der Waals surface area contributed by atoms with Gasteiger partial charge in [-0.05, 0) is 60.7 Å². The van der Waals surface area contributed by atoms with Gasteiger partial charge >= 0.3 is 0 Å². The van der Waals surface area contributed by atoms with Crippen LogP contribution in [0, 0.1) is 0 Å². The van der Waals surface area contributed by atoms with Gasteiger partial charge < -0.3 is 9.13 Å². The summed E-state index contributed by atoms with van der Waals surface area (Å²) in [6.07, 6.45) is 1.76. The van der Waals surface area contributed by atoms with Gasteiger partial charge in [-0.1, -0.05) is 97.1 Å². The van der Waals surface area contributed by atoms with Crippen LogP contribution in [0.5, 0.6) is 0 Å². The maximum absolute atomic E-state index is 4.93. The van der Waals surface area contributed by atoms with Gasteiger partial charge in [0.05, 0.1) is 28.3 Å². The van der Waals surface area contributed by atoms with Crippen LogP contribution in [0.25, 0.3) is 89.3 Å². The van der Waals surface area contributed by atoms with Gasteiger partial charge in [0, 0.05) is 44.2 Å². The van der Waals surface area contributed by atoms with Crippen molar-refractivity contribution in [2.45, 2.75) is 0 Å². The fourth-order valence-electron chi connectivity index (χ4n) is 7.12. The third kappa shape index (κ3) is 4.41. The standard InChI is InChI=1S/C43H27N7/c1-4-12-28(13-5-1)41-45-42(29-14-6-2-7-15-29)47-43(46-41)30-20-22-32(23-21-30)50-36-25-24-35-38(39(36)40-37(50)26-27-44-48-40)33-18-10-11-19-34(33)49(35)31-16-8-3-9-17-31/h1-27H. The van der Waals surface area contributed by atoms with Crippen molar-refractivity contribution >= 4 is 43.7 Å². The SMILES string of the molecule is c1ccc(-c2nc(-c3ccccc3)nc(-c3ccc(-n4c5ccnnc5c5c6c7ccccc7n(-c7ccccc7)c6ccc54)cc3)n2)cc1. The molecule has 0 unspecified atom stereocenters. The Hall–Kier alpha value is -6.99. The van der Waals surface area contributed by atoms with Crippen molar-refractivity contribution in [1.82, 2.24) is 34.3 Å². The van der Waals surface area contributed by atoms with Gasteiger partial charge in [0.25, 0.3) is 0 Å². The van der Waals surface area contributed by atoms with Gasteiger partial charge in [0.1, 0.15) is 5.52 Å². The van der Waals surface area contributed by atoms with E-state index in [2.05, 4.69) is 105 Å². The average molecular weight is 642 g/mol. The Morgan fingerprint density at radius 1 is 0.360 bits per heavy atom.